The van der Waals surface area contributed by atoms with Crippen LogP contribution < -0.4 is 15.4 Å². The minimum absolute atomic E-state index is 0.0614. The van der Waals surface area contributed by atoms with Crippen molar-refractivity contribution in [1.29, 1.82) is 0 Å². The summed E-state index contributed by atoms with van der Waals surface area (Å²) in [5.74, 6) is -0.840. The molecule has 2 aromatic carbocycles. The van der Waals surface area contributed by atoms with Crippen molar-refractivity contribution in [1.82, 2.24) is 20.5 Å². The summed E-state index contributed by atoms with van der Waals surface area (Å²) in [4.78, 5) is 31.1. The highest BCUT2D eigenvalue weighted by Crippen LogP contribution is 2.44. The number of benzene rings is 2. The summed E-state index contributed by atoms with van der Waals surface area (Å²) in [6, 6.07) is 9.16. The largest absolute Gasteiger partial charge is 0.505 e. The zero-order valence-corrected chi connectivity index (χ0v) is 16.8. The van der Waals surface area contributed by atoms with Gasteiger partial charge in [0.25, 0.3) is 5.91 Å². The Hall–Kier alpha value is -3.72. The van der Waals surface area contributed by atoms with Gasteiger partial charge in [0.2, 0.25) is 0 Å². The number of pyridine rings is 1. The van der Waals surface area contributed by atoms with Gasteiger partial charge < -0.3 is 25.4 Å². The van der Waals surface area contributed by atoms with Crippen LogP contribution in [-0.4, -0.2) is 47.1 Å². The minimum atomic E-state index is -0.669. The van der Waals surface area contributed by atoms with E-state index >= 15 is 0 Å². The Morgan fingerprint density at radius 2 is 2.03 bits per heavy atom. The monoisotopic (exact) mass is 424 g/mol. The number of carbonyl (C=O) groups excluding carboxylic acids is 2. The number of nitrogens with one attached hydrogen (secondary N) is 2. The second-order valence-electron chi connectivity index (χ2n) is 7.14. The van der Waals surface area contributed by atoms with E-state index in [1.54, 1.807) is 31.3 Å². The molecule has 0 saturated heterocycles. The SMILES string of the molecule is CNCCNC(=O)Oc1c2c(c(O)c3ncccc13)C(=O)N(Cc1ccc(F)cc1)C2. The third-order valence-electron chi connectivity index (χ3n) is 5.07. The summed E-state index contributed by atoms with van der Waals surface area (Å²) in [7, 11) is 1.76. The number of phenolic OH excluding ortho intramolecular Hbond substituents is 1. The number of aromatic nitrogens is 1. The first kappa shape index (κ1) is 20.5. The fraction of sp³-hybridized carbons (Fsp3) is 0.227. The van der Waals surface area contributed by atoms with E-state index in [-0.39, 0.29) is 41.5 Å². The molecule has 1 aliphatic rings. The van der Waals surface area contributed by atoms with Crippen LogP contribution in [0, 0.1) is 5.82 Å². The van der Waals surface area contributed by atoms with E-state index in [1.807, 2.05) is 0 Å². The number of halogens is 1. The number of aromatic hydroxyl groups is 1. The van der Waals surface area contributed by atoms with E-state index in [9.17, 15) is 19.1 Å². The molecule has 0 fully saturated rings. The minimum Gasteiger partial charge on any atom is -0.505 e. The maximum atomic E-state index is 13.2. The number of fused-ring (bicyclic) bond motifs is 2. The van der Waals surface area contributed by atoms with Gasteiger partial charge in [-0.15, -0.1) is 0 Å². The highest BCUT2D eigenvalue weighted by molar-refractivity contribution is 6.09. The normalized spacial score (nSPS) is 12.8. The Kier molecular flexibility index (Phi) is 5.68. The third kappa shape index (κ3) is 3.99. The van der Waals surface area contributed by atoms with Gasteiger partial charge in [0.05, 0.1) is 12.1 Å². The van der Waals surface area contributed by atoms with E-state index in [0.29, 0.717) is 24.0 Å². The molecule has 1 aliphatic heterocycles. The lowest BCUT2D eigenvalue weighted by atomic mass is 10.0. The number of ether oxygens (including phenoxy) is 1. The Balaban J connectivity index is 1.71. The molecule has 0 aliphatic carbocycles. The van der Waals surface area contributed by atoms with Crippen molar-refractivity contribution in [3.8, 4) is 11.5 Å². The lowest BCUT2D eigenvalue weighted by Gasteiger charge is -2.16. The quantitative estimate of drug-likeness (QED) is 0.526. The molecule has 1 aromatic heterocycles. The summed E-state index contributed by atoms with van der Waals surface area (Å²) >= 11 is 0. The fourth-order valence-electron chi connectivity index (χ4n) is 3.59. The van der Waals surface area contributed by atoms with Crippen molar-refractivity contribution in [2.24, 2.45) is 0 Å². The first-order valence-electron chi connectivity index (χ1n) is 9.76. The predicted molar refractivity (Wildman–Crippen MR) is 111 cm³/mol. The highest BCUT2D eigenvalue weighted by atomic mass is 19.1. The van der Waals surface area contributed by atoms with E-state index in [2.05, 4.69) is 15.6 Å². The number of nitrogens with zero attached hydrogens (tertiary/aromatic N) is 2. The summed E-state index contributed by atoms with van der Waals surface area (Å²) in [6.45, 7) is 1.27. The van der Waals surface area contributed by atoms with Gasteiger partial charge in [0.1, 0.15) is 17.1 Å². The van der Waals surface area contributed by atoms with Crippen LogP contribution in [0.2, 0.25) is 0 Å². The molecule has 3 N–H and O–H groups in total. The fourth-order valence-corrected chi connectivity index (χ4v) is 3.59. The summed E-state index contributed by atoms with van der Waals surface area (Å²) in [6.07, 6.45) is 0.818. The van der Waals surface area contributed by atoms with Crippen molar-refractivity contribution >= 4 is 22.9 Å². The average molecular weight is 424 g/mol. The Labute approximate surface area is 177 Å². The van der Waals surface area contributed by atoms with E-state index in [0.717, 1.165) is 5.56 Å². The zero-order valence-electron chi connectivity index (χ0n) is 16.8. The van der Waals surface area contributed by atoms with E-state index < -0.39 is 12.0 Å². The highest BCUT2D eigenvalue weighted by Gasteiger charge is 2.36. The number of hydrogen-bond donors (Lipinski definition) is 3. The van der Waals surface area contributed by atoms with Crippen LogP contribution in [0.5, 0.6) is 11.5 Å². The second kappa shape index (κ2) is 8.57. The topological polar surface area (TPSA) is 104 Å². The number of phenols is 1. The Morgan fingerprint density at radius 3 is 2.77 bits per heavy atom. The van der Waals surface area contributed by atoms with Gasteiger partial charge in [-0.1, -0.05) is 12.1 Å². The van der Waals surface area contributed by atoms with Crippen molar-refractivity contribution in [2.45, 2.75) is 13.1 Å². The molecule has 0 unspecified atom stereocenters. The zero-order chi connectivity index (χ0) is 22.0. The molecule has 4 rings (SSSR count). The van der Waals surface area contributed by atoms with Gasteiger partial charge in [-0.25, -0.2) is 9.18 Å². The van der Waals surface area contributed by atoms with Crippen molar-refractivity contribution in [3.63, 3.8) is 0 Å². The Bertz CT molecular complexity index is 1150. The summed E-state index contributed by atoms with van der Waals surface area (Å²) in [5, 5.41) is 16.7. The van der Waals surface area contributed by atoms with Crippen LogP contribution in [0.25, 0.3) is 10.9 Å². The molecular weight excluding hydrogens is 403 g/mol. The predicted octanol–water partition coefficient (Wildman–Crippen LogP) is 2.54. The van der Waals surface area contributed by atoms with E-state index in [1.165, 1.54) is 23.2 Å². The molecule has 2 amide bonds. The van der Waals surface area contributed by atoms with Gasteiger partial charge in [-0.05, 0) is 36.9 Å². The van der Waals surface area contributed by atoms with Gasteiger partial charge >= 0.3 is 6.09 Å². The van der Waals surface area contributed by atoms with Gasteiger partial charge in [-0.2, -0.15) is 0 Å². The number of rotatable bonds is 6. The van der Waals surface area contributed by atoms with Gasteiger partial charge in [-0.3, -0.25) is 9.78 Å². The van der Waals surface area contributed by atoms with E-state index in [4.69, 9.17) is 4.74 Å². The van der Waals surface area contributed by atoms with Crippen LogP contribution in [-0.2, 0) is 13.1 Å². The molecule has 0 spiro atoms. The second-order valence-corrected chi connectivity index (χ2v) is 7.14. The molecule has 0 saturated carbocycles. The van der Waals surface area contributed by atoms with Crippen molar-refractivity contribution in [2.75, 3.05) is 20.1 Å². The van der Waals surface area contributed by atoms with Crippen LogP contribution >= 0.6 is 0 Å². The molecule has 8 nitrogen and oxygen atoms in total. The van der Waals surface area contributed by atoms with Crippen LogP contribution in [0.4, 0.5) is 9.18 Å². The standard InChI is InChI=1S/C22H21FN4O4/c1-24-9-10-26-22(30)31-20-15-3-2-8-25-18(15)19(28)17-16(20)12-27(21(17)29)11-13-4-6-14(23)7-5-13/h2-8,24,28H,9-12H2,1H3,(H,26,30). The summed E-state index contributed by atoms with van der Waals surface area (Å²) in [5.41, 5.74) is 1.38. The van der Waals surface area contributed by atoms with Crippen LogP contribution in [0.15, 0.2) is 42.6 Å². The average Bonchev–Trinajstić information content (AvgIpc) is 3.09. The first-order chi connectivity index (χ1) is 15.0. The smallest absolute Gasteiger partial charge is 0.412 e. The molecule has 2 heterocycles. The number of hydrogen-bond acceptors (Lipinski definition) is 6. The van der Waals surface area contributed by atoms with Crippen LogP contribution in [0.3, 0.4) is 0 Å². The maximum absolute atomic E-state index is 13.2. The lowest BCUT2D eigenvalue weighted by Crippen LogP contribution is -2.32. The molecule has 0 atom stereocenters. The number of amides is 2. The molecule has 0 radical (unpaired) electrons. The van der Waals surface area contributed by atoms with Gasteiger partial charge in [0, 0.05) is 36.8 Å². The van der Waals surface area contributed by atoms with Crippen molar-refractivity contribution < 1.29 is 23.8 Å². The molecule has 31 heavy (non-hydrogen) atoms. The number of likely N-dealkylation sites (N-methyl/N-ethyl adjacent to an activating group) is 1. The van der Waals surface area contributed by atoms with Crippen molar-refractivity contribution in [3.05, 3.63) is 65.1 Å². The third-order valence-corrected chi connectivity index (χ3v) is 5.07. The first-order valence-corrected chi connectivity index (χ1v) is 9.76. The lowest BCUT2D eigenvalue weighted by molar-refractivity contribution is 0.0764. The molecule has 9 heteroatoms. The van der Waals surface area contributed by atoms with Gasteiger partial charge in [0.15, 0.2) is 5.75 Å². The molecule has 160 valence electrons. The number of carbonyl (C=O) groups is 2. The van der Waals surface area contributed by atoms with Crippen LogP contribution in [0.1, 0.15) is 21.5 Å². The Morgan fingerprint density at radius 1 is 1.26 bits per heavy atom. The molecule has 3 aromatic rings. The maximum Gasteiger partial charge on any atom is 0.412 e. The molecular formula is C22H21FN4O4. The summed E-state index contributed by atoms with van der Waals surface area (Å²) < 4.78 is 18.8. The molecule has 0 bridgehead atoms.